The molecule has 0 aliphatic carbocycles. The van der Waals surface area contributed by atoms with Crippen LogP contribution in [0.2, 0.25) is 0 Å². The lowest BCUT2D eigenvalue weighted by molar-refractivity contribution is 0.627. The second kappa shape index (κ2) is 5.48. The van der Waals surface area contributed by atoms with Crippen LogP contribution in [0.5, 0.6) is 0 Å². The highest BCUT2D eigenvalue weighted by molar-refractivity contribution is 9.10. The van der Waals surface area contributed by atoms with Gasteiger partial charge in [-0.3, -0.25) is 0 Å². The Kier molecular flexibility index (Phi) is 3.68. The van der Waals surface area contributed by atoms with Gasteiger partial charge < -0.3 is 9.88 Å². The Labute approximate surface area is 130 Å². The number of aryl methyl sites for hydroxylation is 1. The number of hydrogen-bond acceptors (Lipinski definition) is 2. The second-order valence-electron chi connectivity index (χ2n) is 5.01. The lowest BCUT2D eigenvalue weighted by Gasteiger charge is -2.16. The minimum atomic E-state index is -0.261. The third-order valence-electron chi connectivity index (χ3n) is 3.51. The normalized spacial score (nSPS) is 12.6. The zero-order chi connectivity index (χ0) is 15.0. The molecule has 0 amide bonds. The fraction of sp³-hybridized carbons (Fsp3) is 0.188. The van der Waals surface area contributed by atoms with Crippen molar-refractivity contribution in [3.8, 4) is 0 Å². The molecule has 21 heavy (non-hydrogen) atoms. The number of halogens is 2. The van der Waals surface area contributed by atoms with Crippen LogP contribution in [0.25, 0.3) is 11.0 Å². The minimum Gasteiger partial charge on any atom is -0.374 e. The number of anilines is 1. The molecule has 5 heteroatoms. The van der Waals surface area contributed by atoms with Crippen LogP contribution in [-0.2, 0) is 7.05 Å². The first kappa shape index (κ1) is 14.1. The molecule has 2 aromatic carbocycles. The number of para-hydroxylation sites is 2. The summed E-state index contributed by atoms with van der Waals surface area (Å²) in [7, 11) is 2.00. The molecule has 3 nitrogen and oxygen atoms in total. The van der Waals surface area contributed by atoms with Gasteiger partial charge in [0.15, 0.2) is 0 Å². The summed E-state index contributed by atoms with van der Waals surface area (Å²) < 4.78 is 15.9. The third kappa shape index (κ3) is 2.65. The SMILES string of the molecule is CC(Nc1ccc(F)cc1Br)c1nc2ccccc2n1C. The first-order chi connectivity index (χ1) is 10.1. The maximum atomic E-state index is 13.1. The Morgan fingerprint density at radius 1 is 1.24 bits per heavy atom. The van der Waals surface area contributed by atoms with Gasteiger partial charge in [0.05, 0.1) is 17.1 Å². The maximum Gasteiger partial charge on any atom is 0.131 e. The van der Waals surface area contributed by atoms with Gasteiger partial charge in [-0.05, 0) is 53.2 Å². The van der Waals surface area contributed by atoms with Crippen molar-refractivity contribution in [1.82, 2.24) is 9.55 Å². The monoisotopic (exact) mass is 347 g/mol. The van der Waals surface area contributed by atoms with Crippen molar-refractivity contribution in [3.63, 3.8) is 0 Å². The summed E-state index contributed by atoms with van der Waals surface area (Å²) in [6, 6.07) is 12.6. The number of imidazole rings is 1. The molecule has 0 radical (unpaired) electrons. The summed E-state index contributed by atoms with van der Waals surface area (Å²) in [6.07, 6.45) is 0. The van der Waals surface area contributed by atoms with E-state index in [0.717, 1.165) is 22.5 Å². The molecule has 0 bridgehead atoms. The molecule has 1 aromatic heterocycles. The Morgan fingerprint density at radius 3 is 2.71 bits per heavy atom. The van der Waals surface area contributed by atoms with Crippen LogP contribution in [0.1, 0.15) is 18.8 Å². The fourth-order valence-corrected chi connectivity index (χ4v) is 2.92. The van der Waals surface area contributed by atoms with Gasteiger partial charge in [-0.15, -0.1) is 0 Å². The van der Waals surface area contributed by atoms with Crippen molar-refractivity contribution >= 4 is 32.7 Å². The molecule has 108 valence electrons. The Morgan fingerprint density at radius 2 is 2.00 bits per heavy atom. The number of hydrogen-bond donors (Lipinski definition) is 1. The first-order valence-electron chi connectivity index (χ1n) is 6.69. The van der Waals surface area contributed by atoms with Gasteiger partial charge in [-0.2, -0.15) is 0 Å². The van der Waals surface area contributed by atoms with E-state index in [1.807, 2.05) is 38.2 Å². The molecular weight excluding hydrogens is 333 g/mol. The van der Waals surface area contributed by atoms with Gasteiger partial charge >= 0.3 is 0 Å². The first-order valence-corrected chi connectivity index (χ1v) is 7.48. The van der Waals surface area contributed by atoms with Crippen molar-refractivity contribution in [1.29, 1.82) is 0 Å². The molecular formula is C16H15BrFN3. The quantitative estimate of drug-likeness (QED) is 0.747. The smallest absolute Gasteiger partial charge is 0.131 e. The topological polar surface area (TPSA) is 29.9 Å². The van der Waals surface area contributed by atoms with Crippen molar-refractivity contribution in [2.45, 2.75) is 13.0 Å². The molecule has 0 aliphatic rings. The number of benzene rings is 2. The lowest BCUT2D eigenvalue weighted by atomic mass is 10.2. The van der Waals surface area contributed by atoms with Crippen LogP contribution >= 0.6 is 15.9 Å². The predicted octanol–water partition coefficient (Wildman–Crippen LogP) is 4.65. The highest BCUT2D eigenvalue weighted by atomic mass is 79.9. The standard InChI is InChI=1S/C16H15BrFN3/c1-10(19-13-8-7-11(18)9-12(13)17)16-20-14-5-3-4-6-15(14)21(16)2/h3-10,19H,1-2H3. The maximum absolute atomic E-state index is 13.1. The van der Waals surface area contributed by atoms with Gasteiger partial charge in [-0.1, -0.05) is 12.1 Å². The van der Waals surface area contributed by atoms with Crippen LogP contribution in [0.4, 0.5) is 10.1 Å². The molecule has 0 aliphatic heterocycles. The van der Waals surface area contributed by atoms with Crippen molar-refractivity contribution in [2.24, 2.45) is 7.05 Å². The van der Waals surface area contributed by atoms with Gasteiger partial charge in [0, 0.05) is 17.2 Å². The summed E-state index contributed by atoms with van der Waals surface area (Å²) >= 11 is 3.37. The molecule has 0 spiro atoms. The zero-order valence-electron chi connectivity index (χ0n) is 11.8. The highest BCUT2D eigenvalue weighted by Gasteiger charge is 2.15. The third-order valence-corrected chi connectivity index (χ3v) is 4.17. The van der Waals surface area contributed by atoms with E-state index in [1.165, 1.54) is 12.1 Å². The summed E-state index contributed by atoms with van der Waals surface area (Å²) in [6.45, 7) is 2.04. The van der Waals surface area contributed by atoms with E-state index < -0.39 is 0 Å². The van der Waals surface area contributed by atoms with Gasteiger partial charge in [0.25, 0.3) is 0 Å². The van der Waals surface area contributed by atoms with E-state index >= 15 is 0 Å². The molecule has 1 unspecified atom stereocenters. The number of aromatic nitrogens is 2. The number of fused-ring (bicyclic) bond motifs is 1. The van der Waals surface area contributed by atoms with Crippen molar-refractivity contribution in [2.75, 3.05) is 5.32 Å². The number of rotatable bonds is 3. The molecule has 1 N–H and O–H groups in total. The lowest BCUT2D eigenvalue weighted by Crippen LogP contribution is -2.12. The molecule has 3 aromatic rings. The van der Waals surface area contributed by atoms with E-state index in [9.17, 15) is 4.39 Å². The van der Waals surface area contributed by atoms with Crippen LogP contribution in [-0.4, -0.2) is 9.55 Å². The van der Waals surface area contributed by atoms with Crippen molar-refractivity contribution < 1.29 is 4.39 Å². The summed E-state index contributed by atoms with van der Waals surface area (Å²) in [5.41, 5.74) is 2.91. The summed E-state index contributed by atoms with van der Waals surface area (Å²) in [5.74, 6) is 0.676. The molecule has 1 atom stereocenters. The largest absolute Gasteiger partial charge is 0.374 e. The van der Waals surface area contributed by atoms with E-state index in [4.69, 9.17) is 0 Å². The predicted molar refractivity (Wildman–Crippen MR) is 86.9 cm³/mol. The second-order valence-corrected chi connectivity index (χ2v) is 5.86. The van der Waals surface area contributed by atoms with E-state index in [-0.39, 0.29) is 11.9 Å². The Bertz CT molecular complexity index is 797. The Balaban J connectivity index is 1.93. The number of nitrogens with one attached hydrogen (secondary N) is 1. The van der Waals surface area contributed by atoms with E-state index in [0.29, 0.717) is 4.47 Å². The average molecular weight is 348 g/mol. The molecule has 0 saturated heterocycles. The summed E-state index contributed by atoms with van der Waals surface area (Å²) in [4.78, 5) is 4.67. The van der Waals surface area contributed by atoms with Crippen molar-refractivity contribution in [3.05, 3.63) is 58.6 Å². The minimum absolute atomic E-state index is 0.00385. The van der Waals surface area contributed by atoms with Crippen LogP contribution in [0, 0.1) is 5.82 Å². The van der Waals surface area contributed by atoms with Crippen LogP contribution in [0.15, 0.2) is 46.9 Å². The van der Waals surface area contributed by atoms with E-state index in [2.05, 4.69) is 30.8 Å². The molecule has 3 rings (SSSR count). The average Bonchev–Trinajstić information content (AvgIpc) is 2.80. The van der Waals surface area contributed by atoms with Gasteiger partial charge in [-0.25, -0.2) is 9.37 Å². The number of nitrogens with zero attached hydrogens (tertiary/aromatic N) is 2. The fourth-order valence-electron chi connectivity index (χ4n) is 2.46. The Hall–Kier alpha value is -1.88. The van der Waals surface area contributed by atoms with Crippen LogP contribution in [0.3, 0.4) is 0 Å². The molecule has 1 heterocycles. The highest BCUT2D eigenvalue weighted by Crippen LogP contribution is 2.28. The van der Waals surface area contributed by atoms with Gasteiger partial charge in [0.2, 0.25) is 0 Å². The molecule has 0 fully saturated rings. The molecule has 0 saturated carbocycles. The van der Waals surface area contributed by atoms with E-state index in [1.54, 1.807) is 6.07 Å². The van der Waals surface area contributed by atoms with Gasteiger partial charge in [0.1, 0.15) is 11.6 Å². The van der Waals surface area contributed by atoms with Crippen LogP contribution < -0.4 is 5.32 Å². The summed E-state index contributed by atoms with van der Waals surface area (Å²) in [5, 5.41) is 3.36. The zero-order valence-corrected chi connectivity index (χ0v) is 13.4.